The van der Waals surface area contributed by atoms with Crippen LogP contribution in [0.15, 0.2) is 84.8 Å². The van der Waals surface area contributed by atoms with Crippen molar-refractivity contribution in [3.05, 3.63) is 107 Å². The summed E-state index contributed by atoms with van der Waals surface area (Å²) in [6.45, 7) is 2.10. The van der Waals surface area contributed by atoms with E-state index in [2.05, 4.69) is 9.97 Å². The average Bonchev–Trinajstić information content (AvgIpc) is 3.31. The van der Waals surface area contributed by atoms with Crippen molar-refractivity contribution in [2.45, 2.75) is 19.4 Å². The molecule has 1 fully saturated rings. The number of aliphatic hydroxyl groups excluding tert-OH is 1. The van der Waals surface area contributed by atoms with E-state index in [1.807, 2.05) is 54.6 Å². The lowest BCUT2D eigenvalue weighted by Gasteiger charge is -2.25. The van der Waals surface area contributed by atoms with Crippen LogP contribution in [0.4, 0.5) is 0 Å². The van der Waals surface area contributed by atoms with E-state index in [0.717, 1.165) is 5.56 Å². The van der Waals surface area contributed by atoms with Gasteiger partial charge in [-0.1, -0.05) is 42.5 Å². The number of aliphatic hydroxyl groups is 1. The number of amides is 1. The SMILES string of the molecule is Cc1nc2ccccn2c1/C(O)=C1\C(=O)C(=O)N(CCc2ccccc2)C1c1cccnc1. The Morgan fingerprint density at radius 3 is 2.58 bits per heavy atom. The van der Waals surface area contributed by atoms with Gasteiger partial charge in [-0.3, -0.25) is 19.0 Å². The molecule has 1 saturated heterocycles. The number of rotatable bonds is 5. The first kappa shape index (κ1) is 20.6. The minimum absolute atomic E-state index is 0.0508. The minimum Gasteiger partial charge on any atom is -0.505 e. The van der Waals surface area contributed by atoms with Crippen LogP contribution in [0.2, 0.25) is 0 Å². The van der Waals surface area contributed by atoms with Crippen LogP contribution in [0.25, 0.3) is 11.4 Å². The van der Waals surface area contributed by atoms with E-state index in [0.29, 0.717) is 35.6 Å². The van der Waals surface area contributed by atoms with Crippen molar-refractivity contribution in [3.63, 3.8) is 0 Å². The Morgan fingerprint density at radius 2 is 1.82 bits per heavy atom. The molecule has 164 valence electrons. The quantitative estimate of drug-likeness (QED) is 0.292. The van der Waals surface area contributed by atoms with Crippen molar-refractivity contribution in [1.29, 1.82) is 0 Å². The van der Waals surface area contributed by atoms with Gasteiger partial charge in [-0.15, -0.1) is 0 Å². The first-order valence-electron chi connectivity index (χ1n) is 10.7. The molecule has 1 amide bonds. The maximum atomic E-state index is 13.2. The number of ketones is 1. The highest BCUT2D eigenvalue weighted by Gasteiger charge is 2.46. The van der Waals surface area contributed by atoms with Crippen LogP contribution < -0.4 is 0 Å². The smallest absolute Gasteiger partial charge is 0.295 e. The lowest BCUT2D eigenvalue weighted by molar-refractivity contribution is -0.139. The number of fused-ring (bicyclic) bond motifs is 1. The molecule has 1 unspecified atom stereocenters. The zero-order valence-corrected chi connectivity index (χ0v) is 18.0. The number of hydrogen-bond acceptors (Lipinski definition) is 5. The summed E-state index contributed by atoms with van der Waals surface area (Å²) in [5.74, 6) is -1.58. The van der Waals surface area contributed by atoms with Crippen molar-refractivity contribution in [1.82, 2.24) is 19.3 Å². The van der Waals surface area contributed by atoms with Crippen LogP contribution in [0.1, 0.15) is 28.6 Å². The summed E-state index contributed by atoms with van der Waals surface area (Å²) in [6.07, 6.45) is 5.61. The van der Waals surface area contributed by atoms with Crippen molar-refractivity contribution in [3.8, 4) is 0 Å². The fourth-order valence-corrected chi connectivity index (χ4v) is 4.42. The largest absolute Gasteiger partial charge is 0.505 e. The second-order valence-corrected chi connectivity index (χ2v) is 7.99. The molecular weight excluding hydrogens is 416 g/mol. The van der Waals surface area contributed by atoms with E-state index in [4.69, 9.17) is 0 Å². The van der Waals surface area contributed by atoms with Crippen LogP contribution in [-0.2, 0) is 16.0 Å². The average molecular weight is 438 g/mol. The summed E-state index contributed by atoms with van der Waals surface area (Å²) in [5, 5.41) is 11.4. The highest BCUT2D eigenvalue weighted by atomic mass is 16.3. The van der Waals surface area contributed by atoms with E-state index in [1.54, 1.807) is 36.0 Å². The summed E-state index contributed by atoms with van der Waals surface area (Å²) >= 11 is 0. The molecule has 0 aliphatic carbocycles. The summed E-state index contributed by atoms with van der Waals surface area (Å²) in [4.78, 5) is 36.6. The molecule has 5 rings (SSSR count). The Bertz CT molecular complexity index is 1380. The van der Waals surface area contributed by atoms with E-state index in [-0.39, 0.29) is 11.3 Å². The van der Waals surface area contributed by atoms with E-state index < -0.39 is 17.7 Å². The predicted octanol–water partition coefficient (Wildman–Crippen LogP) is 3.70. The normalized spacial score (nSPS) is 17.7. The lowest BCUT2D eigenvalue weighted by atomic mass is 9.97. The maximum absolute atomic E-state index is 13.2. The topological polar surface area (TPSA) is 87.8 Å². The molecule has 1 aromatic carbocycles. The Morgan fingerprint density at radius 1 is 1.03 bits per heavy atom. The number of carbonyl (C=O) groups excluding carboxylic acids is 2. The molecule has 0 bridgehead atoms. The minimum atomic E-state index is -0.740. The van der Waals surface area contributed by atoms with Gasteiger partial charge < -0.3 is 10.0 Å². The Hall–Kier alpha value is -4.26. The Labute approximate surface area is 190 Å². The molecule has 33 heavy (non-hydrogen) atoms. The fourth-order valence-electron chi connectivity index (χ4n) is 4.42. The second-order valence-electron chi connectivity index (χ2n) is 7.99. The molecule has 0 radical (unpaired) electrons. The van der Waals surface area contributed by atoms with Crippen LogP contribution in [0, 0.1) is 6.92 Å². The molecule has 0 saturated carbocycles. The maximum Gasteiger partial charge on any atom is 0.295 e. The molecule has 0 spiro atoms. The Balaban J connectivity index is 1.64. The zero-order chi connectivity index (χ0) is 22.9. The third kappa shape index (κ3) is 3.57. The van der Waals surface area contributed by atoms with Gasteiger partial charge in [0.25, 0.3) is 11.7 Å². The standard InChI is InChI=1S/C26H22N4O3/c1-17-22(29-14-6-5-11-20(29)28-17)24(31)21-23(19-10-7-13-27-16-19)30(26(33)25(21)32)15-12-18-8-3-2-4-9-18/h2-11,13-14,16,23,31H,12,15H2,1H3/b24-21+. The summed E-state index contributed by atoms with van der Waals surface area (Å²) in [7, 11) is 0. The molecule has 1 aliphatic heterocycles. The van der Waals surface area contributed by atoms with Crippen molar-refractivity contribution >= 4 is 23.1 Å². The predicted molar refractivity (Wildman–Crippen MR) is 123 cm³/mol. The molecule has 1 N–H and O–H groups in total. The third-order valence-corrected chi connectivity index (χ3v) is 5.95. The van der Waals surface area contributed by atoms with Crippen LogP contribution in [0.5, 0.6) is 0 Å². The number of pyridine rings is 2. The number of aromatic nitrogens is 3. The molecule has 4 heterocycles. The third-order valence-electron chi connectivity index (χ3n) is 5.95. The highest BCUT2D eigenvalue weighted by Crippen LogP contribution is 2.39. The van der Waals surface area contributed by atoms with Crippen molar-refractivity contribution in [2.75, 3.05) is 6.54 Å². The first-order valence-corrected chi connectivity index (χ1v) is 10.7. The molecule has 1 aliphatic rings. The van der Waals surface area contributed by atoms with Gasteiger partial charge in [0.05, 0.1) is 17.3 Å². The van der Waals surface area contributed by atoms with Crippen molar-refractivity contribution < 1.29 is 14.7 Å². The number of likely N-dealkylation sites (tertiary alicyclic amines) is 1. The first-order chi connectivity index (χ1) is 16.1. The van der Waals surface area contributed by atoms with Crippen LogP contribution in [0.3, 0.4) is 0 Å². The number of Topliss-reactive ketones (excluding diaryl/α,β-unsaturated/α-hetero) is 1. The molecule has 7 heteroatoms. The van der Waals surface area contributed by atoms with Crippen LogP contribution >= 0.6 is 0 Å². The lowest BCUT2D eigenvalue weighted by Crippen LogP contribution is -2.31. The monoisotopic (exact) mass is 438 g/mol. The van der Waals surface area contributed by atoms with Gasteiger partial charge in [-0.2, -0.15) is 0 Å². The van der Waals surface area contributed by atoms with Gasteiger partial charge in [0, 0.05) is 25.1 Å². The number of hydrogen-bond donors (Lipinski definition) is 1. The van der Waals surface area contributed by atoms with Gasteiger partial charge in [0.15, 0.2) is 5.76 Å². The van der Waals surface area contributed by atoms with E-state index in [9.17, 15) is 14.7 Å². The number of aryl methyl sites for hydroxylation is 1. The number of benzene rings is 1. The fraction of sp³-hybridized carbons (Fsp3) is 0.154. The molecule has 4 aromatic rings. The van der Waals surface area contributed by atoms with Gasteiger partial charge in [-0.05, 0) is 42.7 Å². The van der Waals surface area contributed by atoms with Gasteiger partial charge in [-0.25, -0.2) is 4.98 Å². The van der Waals surface area contributed by atoms with Crippen LogP contribution in [-0.4, -0.2) is 42.6 Å². The summed E-state index contributed by atoms with van der Waals surface area (Å²) in [6, 6.07) is 18.1. The molecular formula is C26H22N4O3. The number of nitrogens with zero attached hydrogens (tertiary/aromatic N) is 4. The highest BCUT2D eigenvalue weighted by molar-refractivity contribution is 6.46. The summed E-state index contributed by atoms with van der Waals surface area (Å²) < 4.78 is 1.72. The number of imidazole rings is 1. The van der Waals surface area contributed by atoms with Gasteiger partial charge in [0.1, 0.15) is 11.3 Å². The second kappa shape index (κ2) is 8.35. The van der Waals surface area contributed by atoms with E-state index >= 15 is 0 Å². The van der Waals surface area contributed by atoms with Gasteiger partial charge >= 0.3 is 0 Å². The summed E-state index contributed by atoms with van der Waals surface area (Å²) in [5.41, 5.74) is 3.39. The van der Waals surface area contributed by atoms with Gasteiger partial charge in [0.2, 0.25) is 0 Å². The van der Waals surface area contributed by atoms with E-state index in [1.165, 1.54) is 4.90 Å². The molecule has 1 atom stereocenters. The van der Waals surface area contributed by atoms with Crippen molar-refractivity contribution in [2.24, 2.45) is 0 Å². The molecule has 3 aromatic heterocycles. The Kier molecular flexibility index (Phi) is 5.22. The zero-order valence-electron chi connectivity index (χ0n) is 18.0. The number of carbonyl (C=O) groups is 2. The molecule has 7 nitrogen and oxygen atoms in total.